The van der Waals surface area contributed by atoms with E-state index >= 15 is 0 Å². The summed E-state index contributed by atoms with van der Waals surface area (Å²) < 4.78 is 38.2. The van der Waals surface area contributed by atoms with E-state index in [0.717, 1.165) is 12.1 Å². The van der Waals surface area contributed by atoms with Gasteiger partial charge in [0.1, 0.15) is 23.7 Å². The number of nitriles is 1. The molecule has 3 aromatic carbocycles. The van der Waals surface area contributed by atoms with Gasteiger partial charge >= 0.3 is 5.97 Å². The molecule has 0 aliphatic rings. The second-order valence-electron chi connectivity index (χ2n) is 6.37. The lowest BCUT2D eigenvalue weighted by atomic mass is 10.1. The first-order valence-corrected chi connectivity index (χ1v) is 10.5. The largest absolute Gasteiger partial charge is 0.507 e. The molecule has 158 valence electrons. The minimum absolute atomic E-state index is 0.111. The van der Waals surface area contributed by atoms with Crippen molar-refractivity contribution in [1.29, 1.82) is 5.26 Å². The van der Waals surface area contributed by atoms with Crippen LogP contribution in [0, 0.1) is 11.3 Å². The van der Waals surface area contributed by atoms with Crippen molar-refractivity contribution in [3.63, 3.8) is 0 Å². The molecule has 2 N–H and O–H groups in total. The molecule has 0 heterocycles. The number of carbonyl (C=O) groups excluding carboxylic acids is 1. The molecular formula is C22H18N2O6S. The van der Waals surface area contributed by atoms with Crippen LogP contribution >= 0.6 is 0 Å². The third kappa shape index (κ3) is 5.12. The second-order valence-corrected chi connectivity index (χ2v) is 8.05. The van der Waals surface area contributed by atoms with Crippen LogP contribution < -0.4 is 9.46 Å². The van der Waals surface area contributed by atoms with E-state index < -0.39 is 21.7 Å². The first-order chi connectivity index (χ1) is 14.8. The molecule has 0 bridgehead atoms. The molecular weight excluding hydrogens is 420 g/mol. The average Bonchev–Trinajstić information content (AvgIpc) is 2.78. The molecule has 9 heteroatoms. The van der Waals surface area contributed by atoms with Crippen molar-refractivity contribution in [2.45, 2.75) is 11.5 Å². The van der Waals surface area contributed by atoms with Gasteiger partial charge < -0.3 is 14.6 Å². The maximum absolute atomic E-state index is 12.8. The highest BCUT2D eigenvalue weighted by Gasteiger charge is 2.21. The Labute approximate surface area is 179 Å². The van der Waals surface area contributed by atoms with Gasteiger partial charge in [-0.3, -0.25) is 4.72 Å². The van der Waals surface area contributed by atoms with E-state index in [1.807, 2.05) is 6.07 Å². The molecule has 0 spiro atoms. The lowest BCUT2D eigenvalue weighted by molar-refractivity contribution is 0.0469. The van der Waals surface area contributed by atoms with Crippen LogP contribution in [0.4, 0.5) is 5.69 Å². The summed E-state index contributed by atoms with van der Waals surface area (Å²) in [4.78, 5) is 12.2. The number of hydrogen-bond acceptors (Lipinski definition) is 7. The number of carbonyl (C=O) groups is 1. The first kappa shape index (κ1) is 21.7. The van der Waals surface area contributed by atoms with Crippen LogP contribution in [0.1, 0.15) is 21.5 Å². The third-order valence-electron chi connectivity index (χ3n) is 4.30. The molecule has 0 atom stereocenters. The zero-order valence-electron chi connectivity index (χ0n) is 16.4. The number of anilines is 1. The fraction of sp³-hybridized carbons (Fsp3) is 0.0909. The lowest BCUT2D eigenvalue weighted by Crippen LogP contribution is -2.15. The SMILES string of the molecule is COc1ccccc1NS(=O)(=O)c1ccc(O)c(C(=O)OCc2ccc(C#N)cc2)c1. The molecule has 3 rings (SSSR count). The Morgan fingerprint density at radius 1 is 1.10 bits per heavy atom. The summed E-state index contributed by atoms with van der Waals surface area (Å²) in [7, 11) is -2.66. The standard InChI is InChI=1S/C22H18N2O6S/c1-29-21-5-3-2-4-19(21)24-31(27,28)17-10-11-20(25)18(12-17)22(26)30-14-16-8-6-15(13-23)7-9-16/h2-12,24-25H,14H2,1H3. The molecule has 0 fully saturated rings. The van der Waals surface area contributed by atoms with E-state index in [4.69, 9.17) is 14.7 Å². The van der Waals surface area contributed by atoms with Gasteiger partial charge in [0.25, 0.3) is 10.0 Å². The van der Waals surface area contributed by atoms with Crippen molar-refractivity contribution in [3.8, 4) is 17.6 Å². The quantitative estimate of drug-likeness (QED) is 0.541. The molecule has 0 amide bonds. The van der Waals surface area contributed by atoms with Crippen molar-refractivity contribution in [1.82, 2.24) is 0 Å². The van der Waals surface area contributed by atoms with Crippen molar-refractivity contribution >= 4 is 21.7 Å². The molecule has 0 aliphatic carbocycles. The van der Waals surface area contributed by atoms with E-state index in [0.29, 0.717) is 16.9 Å². The van der Waals surface area contributed by atoms with Gasteiger partial charge in [0.05, 0.1) is 29.3 Å². The number of nitrogens with one attached hydrogen (secondary N) is 1. The Kier molecular flexibility index (Phi) is 6.43. The number of benzene rings is 3. The second kappa shape index (κ2) is 9.19. The number of hydrogen-bond donors (Lipinski definition) is 2. The third-order valence-corrected chi connectivity index (χ3v) is 5.67. The van der Waals surface area contributed by atoms with Gasteiger partial charge in [0.15, 0.2) is 0 Å². The number of phenolic OH excluding ortho intramolecular Hbond substituents is 1. The number of esters is 1. The minimum atomic E-state index is -4.07. The van der Waals surface area contributed by atoms with Crippen LogP contribution in [0.15, 0.2) is 71.6 Å². The van der Waals surface area contributed by atoms with E-state index in [1.54, 1.807) is 42.5 Å². The molecule has 0 saturated heterocycles. The number of sulfonamides is 1. The van der Waals surface area contributed by atoms with E-state index in [-0.39, 0.29) is 22.8 Å². The lowest BCUT2D eigenvalue weighted by Gasteiger charge is -2.13. The Balaban J connectivity index is 1.80. The van der Waals surface area contributed by atoms with Crippen molar-refractivity contribution in [3.05, 3.63) is 83.4 Å². The van der Waals surface area contributed by atoms with Gasteiger partial charge in [-0.05, 0) is 48.0 Å². The molecule has 0 radical (unpaired) electrons. The normalized spacial score (nSPS) is 10.7. The van der Waals surface area contributed by atoms with Crippen LogP contribution in [0.2, 0.25) is 0 Å². The highest BCUT2D eigenvalue weighted by Crippen LogP contribution is 2.28. The molecule has 0 aliphatic heterocycles. The Morgan fingerprint density at radius 3 is 2.48 bits per heavy atom. The summed E-state index contributed by atoms with van der Waals surface area (Å²) in [5.41, 5.74) is 1.03. The summed E-state index contributed by atoms with van der Waals surface area (Å²) in [5, 5.41) is 18.9. The fourth-order valence-corrected chi connectivity index (χ4v) is 3.78. The molecule has 3 aromatic rings. The van der Waals surface area contributed by atoms with Gasteiger partial charge in [0.2, 0.25) is 0 Å². The minimum Gasteiger partial charge on any atom is -0.507 e. The van der Waals surface area contributed by atoms with E-state index in [9.17, 15) is 18.3 Å². The number of nitrogens with zero attached hydrogens (tertiary/aromatic N) is 1. The monoisotopic (exact) mass is 438 g/mol. The summed E-state index contributed by atoms with van der Waals surface area (Å²) >= 11 is 0. The van der Waals surface area contributed by atoms with Crippen LogP contribution in [-0.4, -0.2) is 26.6 Å². The number of aromatic hydroxyl groups is 1. The predicted octanol–water partition coefficient (Wildman–Crippen LogP) is 3.43. The van der Waals surface area contributed by atoms with Gasteiger partial charge in [-0.25, -0.2) is 13.2 Å². The Hall–Kier alpha value is -4.03. The van der Waals surface area contributed by atoms with Crippen molar-refractivity contribution in [2.24, 2.45) is 0 Å². The summed E-state index contributed by atoms with van der Waals surface area (Å²) in [6, 6.07) is 18.2. The zero-order valence-corrected chi connectivity index (χ0v) is 17.2. The molecule has 8 nitrogen and oxygen atoms in total. The summed E-state index contributed by atoms with van der Waals surface area (Å²) in [5.74, 6) is -0.982. The van der Waals surface area contributed by atoms with Gasteiger partial charge in [-0.1, -0.05) is 24.3 Å². The van der Waals surface area contributed by atoms with Crippen molar-refractivity contribution in [2.75, 3.05) is 11.8 Å². The van der Waals surface area contributed by atoms with Crippen LogP contribution in [0.3, 0.4) is 0 Å². The first-order valence-electron chi connectivity index (χ1n) is 8.99. The number of rotatable bonds is 7. The van der Waals surface area contributed by atoms with E-state index in [1.165, 1.54) is 19.2 Å². The number of phenols is 1. The number of para-hydroxylation sites is 2. The van der Waals surface area contributed by atoms with Crippen molar-refractivity contribution < 1.29 is 27.8 Å². The summed E-state index contributed by atoms with van der Waals surface area (Å²) in [6.45, 7) is -0.111. The van der Waals surface area contributed by atoms with Gasteiger partial charge in [-0.2, -0.15) is 5.26 Å². The molecule has 31 heavy (non-hydrogen) atoms. The highest BCUT2D eigenvalue weighted by molar-refractivity contribution is 7.92. The predicted molar refractivity (Wildman–Crippen MR) is 112 cm³/mol. The van der Waals surface area contributed by atoms with Gasteiger partial charge in [-0.15, -0.1) is 0 Å². The fourth-order valence-electron chi connectivity index (χ4n) is 2.68. The van der Waals surface area contributed by atoms with Gasteiger partial charge in [0, 0.05) is 0 Å². The van der Waals surface area contributed by atoms with Crippen LogP contribution in [0.5, 0.6) is 11.5 Å². The Morgan fingerprint density at radius 2 is 1.81 bits per heavy atom. The number of methoxy groups -OCH3 is 1. The Bertz CT molecular complexity index is 1250. The summed E-state index contributed by atoms with van der Waals surface area (Å²) in [6.07, 6.45) is 0. The zero-order chi connectivity index (χ0) is 22.4. The molecule has 0 aromatic heterocycles. The molecule has 0 saturated carbocycles. The molecule has 0 unspecified atom stereocenters. The number of ether oxygens (including phenoxy) is 2. The topological polar surface area (TPSA) is 126 Å². The average molecular weight is 438 g/mol. The van der Waals surface area contributed by atoms with Crippen LogP contribution in [0.25, 0.3) is 0 Å². The highest BCUT2D eigenvalue weighted by atomic mass is 32.2. The maximum atomic E-state index is 12.8. The van der Waals surface area contributed by atoms with Crippen LogP contribution in [-0.2, 0) is 21.4 Å². The smallest absolute Gasteiger partial charge is 0.342 e. The van der Waals surface area contributed by atoms with E-state index in [2.05, 4.69) is 4.72 Å². The maximum Gasteiger partial charge on any atom is 0.342 e.